The maximum absolute atomic E-state index is 12.7. The topological polar surface area (TPSA) is 66.5 Å². The van der Waals surface area contributed by atoms with Gasteiger partial charge in [0.25, 0.3) is 0 Å². The van der Waals surface area contributed by atoms with Gasteiger partial charge in [-0.2, -0.15) is 13.2 Å². The number of alkyl halides is 3. The van der Waals surface area contributed by atoms with Crippen LogP contribution >= 0.6 is 0 Å². The molecule has 3 rings (SSSR count). The molecule has 0 saturated heterocycles. The number of aromatic amines is 1. The Hall–Kier alpha value is -2.64. The van der Waals surface area contributed by atoms with Gasteiger partial charge in [-0.25, -0.2) is 15.0 Å². The summed E-state index contributed by atoms with van der Waals surface area (Å²) in [5.74, 6) is 0.950. The summed E-state index contributed by atoms with van der Waals surface area (Å²) in [4.78, 5) is 14.6. The van der Waals surface area contributed by atoms with Crippen LogP contribution in [0.3, 0.4) is 0 Å². The van der Waals surface area contributed by atoms with Gasteiger partial charge < -0.3 is 10.3 Å². The fourth-order valence-corrected chi connectivity index (χ4v) is 2.29. The number of fused-ring (bicyclic) bond motifs is 1. The molecular weight excluding hydrogens is 319 g/mol. The molecule has 0 unspecified atom stereocenters. The van der Waals surface area contributed by atoms with Gasteiger partial charge >= 0.3 is 6.18 Å². The molecule has 0 fully saturated rings. The molecule has 3 heterocycles. The monoisotopic (exact) mass is 335 g/mol. The number of nitrogens with one attached hydrogen (secondary N) is 2. The SMILES string of the molecule is CC(C)c1cc(NCc2cnc3[nH]c(C(F)(F)F)cc3c2)ncn1. The van der Waals surface area contributed by atoms with Crippen molar-refractivity contribution in [2.75, 3.05) is 5.32 Å². The highest BCUT2D eigenvalue weighted by Crippen LogP contribution is 2.30. The number of pyridine rings is 1. The van der Waals surface area contributed by atoms with Crippen molar-refractivity contribution in [1.82, 2.24) is 19.9 Å². The maximum atomic E-state index is 12.7. The third-order valence-corrected chi connectivity index (χ3v) is 3.59. The molecular formula is C16H16F3N5. The van der Waals surface area contributed by atoms with Crippen LogP contribution in [0.25, 0.3) is 11.0 Å². The fraction of sp³-hybridized carbons (Fsp3) is 0.312. The van der Waals surface area contributed by atoms with E-state index in [-0.39, 0.29) is 11.6 Å². The van der Waals surface area contributed by atoms with Crippen molar-refractivity contribution in [3.63, 3.8) is 0 Å². The summed E-state index contributed by atoms with van der Waals surface area (Å²) in [5, 5.41) is 3.56. The zero-order valence-corrected chi connectivity index (χ0v) is 13.1. The van der Waals surface area contributed by atoms with Crippen molar-refractivity contribution in [3.8, 4) is 0 Å². The Morgan fingerprint density at radius 1 is 1.12 bits per heavy atom. The summed E-state index contributed by atoms with van der Waals surface area (Å²) in [6, 6.07) is 4.59. The second-order valence-corrected chi connectivity index (χ2v) is 5.80. The number of aromatic nitrogens is 4. The molecule has 0 aliphatic rings. The first-order valence-electron chi connectivity index (χ1n) is 7.43. The minimum atomic E-state index is -4.41. The Morgan fingerprint density at radius 3 is 2.62 bits per heavy atom. The number of halogens is 3. The van der Waals surface area contributed by atoms with Crippen molar-refractivity contribution < 1.29 is 13.2 Å². The zero-order valence-electron chi connectivity index (χ0n) is 13.1. The predicted molar refractivity (Wildman–Crippen MR) is 84.5 cm³/mol. The van der Waals surface area contributed by atoms with Crippen molar-refractivity contribution >= 4 is 16.9 Å². The number of H-pyrrole nitrogens is 1. The molecule has 126 valence electrons. The van der Waals surface area contributed by atoms with Gasteiger partial charge in [0.05, 0.1) is 0 Å². The second-order valence-electron chi connectivity index (χ2n) is 5.80. The number of anilines is 1. The average molecular weight is 335 g/mol. The van der Waals surface area contributed by atoms with E-state index in [1.807, 2.05) is 19.9 Å². The van der Waals surface area contributed by atoms with Gasteiger partial charge in [0.2, 0.25) is 0 Å². The molecule has 0 spiro atoms. The maximum Gasteiger partial charge on any atom is 0.431 e. The molecule has 0 bridgehead atoms. The van der Waals surface area contributed by atoms with Crippen molar-refractivity contribution in [3.05, 3.63) is 47.7 Å². The Bertz CT molecular complexity index is 854. The molecule has 24 heavy (non-hydrogen) atoms. The summed E-state index contributed by atoms with van der Waals surface area (Å²) in [7, 11) is 0. The van der Waals surface area contributed by atoms with Gasteiger partial charge in [-0.3, -0.25) is 0 Å². The summed E-state index contributed by atoms with van der Waals surface area (Å²) >= 11 is 0. The van der Waals surface area contributed by atoms with Gasteiger partial charge in [0.1, 0.15) is 23.5 Å². The van der Waals surface area contributed by atoms with Crippen LogP contribution in [0.15, 0.2) is 30.7 Å². The summed E-state index contributed by atoms with van der Waals surface area (Å²) < 4.78 is 38.1. The first-order chi connectivity index (χ1) is 11.3. The molecule has 2 N–H and O–H groups in total. The molecule has 0 aromatic carbocycles. The van der Waals surface area contributed by atoms with Gasteiger partial charge in [0.15, 0.2) is 0 Å². The highest BCUT2D eigenvalue weighted by Gasteiger charge is 2.32. The van der Waals surface area contributed by atoms with E-state index in [2.05, 4.69) is 25.3 Å². The van der Waals surface area contributed by atoms with Crippen molar-refractivity contribution in [2.45, 2.75) is 32.5 Å². The Kier molecular flexibility index (Phi) is 4.13. The number of hydrogen-bond acceptors (Lipinski definition) is 4. The van der Waals surface area contributed by atoms with Crippen LogP contribution in [-0.4, -0.2) is 19.9 Å². The summed E-state index contributed by atoms with van der Waals surface area (Å²) in [6.45, 7) is 4.48. The van der Waals surface area contributed by atoms with Crippen LogP contribution < -0.4 is 5.32 Å². The Labute approximate surface area is 136 Å². The Balaban J connectivity index is 1.77. The molecule has 3 aromatic heterocycles. The second kappa shape index (κ2) is 6.10. The normalized spacial score (nSPS) is 12.1. The highest BCUT2D eigenvalue weighted by molar-refractivity contribution is 5.77. The number of nitrogens with zero attached hydrogens (tertiary/aromatic N) is 3. The summed E-state index contributed by atoms with van der Waals surface area (Å²) in [5.41, 5.74) is 1.10. The highest BCUT2D eigenvalue weighted by atomic mass is 19.4. The van der Waals surface area contributed by atoms with Gasteiger partial charge in [-0.15, -0.1) is 0 Å². The third kappa shape index (κ3) is 3.47. The minimum Gasteiger partial charge on any atom is -0.366 e. The van der Waals surface area contributed by atoms with Crippen LogP contribution in [-0.2, 0) is 12.7 Å². The molecule has 8 heteroatoms. The number of hydrogen-bond donors (Lipinski definition) is 2. The lowest BCUT2D eigenvalue weighted by molar-refractivity contribution is -0.140. The van der Waals surface area contributed by atoms with Crippen molar-refractivity contribution in [2.24, 2.45) is 0 Å². The van der Waals surface area contributed by atoms with Gasteiger partial charge in [0, 0.05) is 29.9 Å². The standard InChI is InChI=1S/C16H16F3N5/c1-9(2)12-5-14(23-8-22-12)20-6-10-3-11-4-13(16(17,18)19)24-15(11)21-7-10/h3-5,7-9H,6H2,1-2H3,(H,21,24)(H,20,22,23). The molecule has 0 atom stereocenters. The van der Waals surface area contributed by atoms with E-state index in [4.69, 9.17) is 0 Å². The Morgan fingerprint density at radius 2 is 1.92 bits per heavy atom. The lowest BCUT2D eigenvalue weighted by Crippen LogP contribution is -2.04. The third-order valence-electron chi connectivity index (χ3n) is 3.59. The molecule has 0 radical (unpaired) electrons. The molecule has 0 aliphatic heterocycles. The molecule has 5 nitrogen and oxygen atoms in total. The van der Waals surface area contributed by atoms with E-state index in [0.717, 1.165) is 17.3 Å². The van der Waals surface area contributed by atoms with E-state index < -0.39 is 11.9 Å². The lowest BCUT2D eigenvalue weighted by atomic mass is 10.1. The van der Waals surface area contributed by atoms with E-state index in [9.17, 15) is 13.2 Å². The molecule has 0 aliphatic carbocycles. The summed E-state index contributed by atoms with van der Waals surface area (Å²) in [6.07, 6.45) is -1.38. The molecule has 0 saturated carbocycles. The quantitative estimate of drug-likeness (QED) is 0.753. The first kappa shape index (κ1) is 16.2. The lowest BCUT2D eigenvalue weighted by Gasteiger charge is -2.08. The van der Waals surface area contributed by atoms with E-state index in [0.29, 0.717) is 17.7 Å². The largest absolute Gasteiger partial charge is 0.431 e. The van der Waals surface area contributed by atoms with Crippen LogP contribution in [0.5, 0.6) is 0 Å². The van der Waals surface area contributed by atoms with Gasteiger partial charge in [-0.1, -0.05) is 13.8 Å². The van der Waals surface area contributed by atoms with Crippen LogP contribution in [0, 0.1) is 0 Å². The van der Waals surface area contributed by atoms with E-state index in [1.165, 1.54) is 12.5 Å². The predicted octanol–water partition coefficient (Wildman–Crippen LogP) is 4.11. The van der Waals surface area contributed by atoms with Gasteiger partial charge in [-0.05, 0) is 23.6 Å². The minimum absolute atomic E-state index is 0.218. The smallest absolute Gasteiger partial charge is 0.366 e. The molecule has 0 amide bonds. The number of rotatable bonds is 4. The average Bonchev–Trinajstić information content (AvgIpc) is 2.96. The van der Waals surface area contributed by atoms with Crippen LogP contribution in [0.4, 0.5) is 19.0 Å². The van der Waals surface area contributed by atoms with E-state index >= 15 is 0 Å². The zero-order chi connectivity index (χ0) is 17.3. The van der Waals surface area contributed by atoms with Crippen LogP contribution in [0.2, 0.25) is 0 Å². The fourth-order valence-electron chi connectivity index (χ4n) is 2.29. The van der Waals surface area contributed by atoms with Crippen molar-refractivity contribution in [1.29, 1.82) is 0 Å². The van der Waals surface area contributed by atoms with E-state index in [1.54, 1.807) is 6.07 Å². The first-order valence-corrected chi connectivity index (χ1v) is 7.43. The van der Waals surface area contributed by atoms with Crippen LogP contribution in [0.1, 0.15) is 36.7 Å². The molecule has 3 aromatic rings.